The lowest BCUT2D eigenvalue weighted by molar-refractivity contribution is -0.166. The van der Waals surface area contributed by atoms with Gasteiger partial charge in [0.05, 0.1) is 12.6 Å². The fourth-order valence-electron chi connectivity index (χ4n) is 5.22. The second-order valence-corrected chi connectivity index (χ2v) is 9.07. The summed E-state index contributed by atoms with van der Waals surface area (Å²) in [5.41, 5.74) is 0.641. The number of esters is 1. The summed E-state index contributed by atoms with van der Waals surface area (Å²) in [6, 6.07) is 7.57. The second kappa shape index (κ2) is 11.6. The Kier molecular flexibility index (Phi) is 8.86. The number of nitrogens with zero attached hydrogens (tertiary/aromatic N) is 1. The van der Waals surface area contributed by atoms with E-state index in [1.165, 1.54) is 4.90 Å². The molecule has 2 fully saturated rings. The van der Waals surface area contributed by atoms with Gasteiger partial charge >= 0.3 is 11.9 Å². The third-order valence-corrected chi connectivity index (χ3v) is 6.93. The van der Waals surface area contributed by atoms with Crippen LogP contribution in [0, 0.1) is 5.41 Å². The van der Waals surface area contributed by atoms with Crippen LogP contribution in [0.2, 0.25) is 0 Å². The largest absolute Gasteiger partial charge is 0.480 e. The quantitative estimate of drug-likeness (QED) is 0.545. The van der Waals surface area contributed by atoms with Gasteiger partial charge in [0.2, 0.25) is 5.91 Å². The summed E-state index contributed by atoms with van der Waals surface area (Å²) in [5.74, 6) is -1.66. The van der Waals surface area contributed by atoms with E-state index in [0.29, 0.717) is 45.4 Å². The lowest BCUT2D eigenvalue weighted by Crippen LogP contribution is -2.63. The number of likely N-dealkylation sites (tertiary alicyclic amines) is 1. The first kappa shape index (κ1) is 25.2. The molecule has 2 aliphatic heterocycles. The van der Waals surface area contributed by atoms with Gasteiger partial charge in [-0.05, 0) is 57.9 Å². The molecule has 2 heterocycles. The number of ether oxygens (including phenoxy) is 2. The van der Waals surface area contributed by atoms with Gasteiger partial charge in [0.15, 0.2) is 0 Å². The highest BCUT2D eigenvalue weighted by molar-refractivity contribution is 5.88. The van der Waals surface area contributed by atoms with Gasteiger partial charge in [0.25, 0.3) is 0 Å². The Bertz CT molecular complexity index is 803. The second-order valence-electron chi connectivity index (χ2n) is 9.07. The highest BCUT2D eigenvalue weighted by Gasteiger charge is 2.51. The number of carbonyl (C=O) groups excluding carboxylic acids is 2. The Hall–Kier alpha value is -2.45. The zero-order valence-corrected chi connectivity index (χ0v) is 19.6. The van der Waals surface area contributed by atoms with Crippen LogP contribution < -0.4 is 5.32 Å². The minimum atomic E-state index is -0.969. The molecular formula is C25H36N2O6. The van der Waals surface area contributed by atoms with E-state index in [-0.39, 0.29) is 12.5 Å². The van der Waals surface area contributed by atoms with Gasteiger partial charge in [-0.25, -0.2) is 4.79 Å². The lowest BCUT2D eigenvalue weighted by Gasteiger charge is -2.50. The van der Waals surface area contributed by atoms with E-state index in [0.717, 1.165) is 18.4 Å². The van der Waals surface area contributed by atoms with Crippen LogP contribution in [0.4, 0.5) is 0 Å². The number of aryl methyl sites for hydroxylation is 1. The van der Waals surface area contributed by atoms with Gasteiger partial charge in [-0.2, -0.15) is 0 Å². The molecule has 1 aromatic rings. The predicted molar refractivity (Wildman–Crippen MR) is 123 cm³/mol. The third-order valence-electron chi connectivity index (χ3n) is 6.93. The minimum Gasteiger partial charge on any atom is -0.480 e. The number of rotatable bonds is 9. The van der Waals surface area contributed by atoms with Crippen LogP contribution >= 0.6 is 0 Å². The van der Waals surface area contributed by atoms with Crippen LogP contribution in [-0.2, 0) is 30.3 Å². The molecule has 2 aliphatic rings. The number of piperidine rings is 1. The molecule has 2 unspecified atom stereocenters. The SMILES string of the molecule is CCOC(=O)C(CCc1ccccc1)N[C@@H](C)C(=O)N1CCCC2(CCOCC2)C1C(=O)O. The third kappa shape index (κ3) is 6.12. The number of carboxylic acids is 1. The van der Waals surface area contributed by atoms with E-state index < -0.39 is 35.5 Å². The van der Waals surface area contributed by atoms with E-state index in [1.54, 1.807) is 13.8 Å². The van der Waals surface area contributed by atoms with E-state index in [4.69, 9.17) is 9.47 Å². The zero-order valence-electron chi connectivity index (χ0n) is 19.6. The number of hydrogen-bond donors (Lipinski definition) is 2. The molecule has 2 saturated heterocycles. The van der Waals surface area contributed by atoms with Gasteiger partial charge < -0.3 is 19.5 Å². The molecule has 0 aliphatic carbocycles. The molecule has 3 rings (SSSR count). The maximum atomic E-state index is 13.4. The van der Waals surface area contributed by atoms with Crippen molar-refractivity contribution in [2.75, 3.05) is 26.4 Å². The highest BCUT2D eigenvalue weighted by atomic mass is 16.5. The molecule has 1 amide bonds. The Balaban J connectivity index is 1.72. The molecule has 1 spiro atoms. The van der Waals surface area contributed by atoms with Crippen LogP contribution in [0.15, 0.2) is 30.3 Å². The molecule has 1 aromatic carbocycles. The summed E-state index contributed by atoms with van der Waals surface area (Å²) < 4.78 is 10.7. The minimum absolute atomic E-state index is 0.252. The first-order valence-corrected chi connectivity index (χ1v) is 12.0. The average molecular weight is 461 g/mol. The van der Waals surface area contributed by atoms with Crippen molar-refractivity contribution in [3.05, 3.63) is 35.9 Å². The van der Waals surface area contributed by atoms with Crippen molar-refractivity contribution >= 4 is 17.8 Å². The van der Waals surface area contributed by atoms with Gasteiger partial charge in [0, 0.05) is 25.2 Å². The van der Waals surface area contributed by atoms with E-state index in [2.05, 4.69) is 5.32 Å². The molecule has 8 nitrogen and oxygen atoms in total. The van der Waals surface area contributed by atoms with Crippen LogP contribution in [-0.4, -0.2) is 72.3 Å². The maximum absolute atomic E-state index is 13.4. The predicted octanol–water partition coefficient (Wildman–Crippen LogP) is 2.40. The van der Waals surface area contributed by atoms with Gasteiger partial charge in [0.1, 0.15) is 12.1 Å². The number of carbonyl (C=O) groups is 3. The summed E-state index contributed by atoms with van der Waals surface area (Å²) in [7, 11) is 0. The molecule has 0 saturated carbocycles. The molecule has 0 radical (unpaired) electrons. The monoisotopic (exact) mass is 460 g/mol. The molecule has 8 heteroatoms. The molecule has 0 bridgehead atoms. The van der Waals surface area contributed by atoms with Gasteiger partial charge in [-0.1, -0.05) is 30.3 Å². The Labute approximate surface area is 195 Å². The van der Waals surface area contributed by atoms with Crippen LogP contribution in [0.5, 0.6) is 0 Å². The van der Waals surface area contributed by atoms with Crippen LogP contribution in [0.1, 0.15) is 51.5 Å². The molecule has 182 valence electrons. The zero-order chi connectivity index (χ0) is 23.8. The number of amides is 1. The first-order valence-electron chi connectivity index (χ1n) is 12.0. The number of aliphatic carboxylic acids is 1. The number of carboxylic acid groups (broad SMARTS) is 1. The van der Waals surface area contributed by atoms with Crippen LogP contribution in [0.3, 0.4) is 0 Å². The fourth-order valence-corrected chi connectivity index (χ4v) is 5.22. The first-order chi connectivity index (χ1) is 15.9. The number of nitrogens with one attached hydrogen (secondary N) is 1. The normalized spacial score (nSPS) is 21.9. The Morgan fingerprint density at radius 3 is 2.55 bits per heavy atom. The summed E-state index contributed by atoms with van der Waals surface area (Å²) in [6.07, 6.45) is 3.95. The van der Waals surface area contributed by atoms with Crippen molar-refractivity contribution in [3.63, 3.8) is 0 Å². The highest BCUT2D eigenvalue weighted by Crippen LogP contribution is 2.44. The van der Waals surface area contributed by atoms with E-state index in [9.17, 15) is 19.5 Å². The van der Waals surface area contributed by atoms with Crippen molar-refractivity contribution in [3.8, 4) is 0 Å². The molecule has 2 N–H and O–H groups in total. The summed E-state index contributed by atoms with van der Waals surface area (Å²) in [6.45, 7) is 5.13. The molecular weight excluding hydrogens is 424 g/mol. The van der Waals surface area contributed by atoms with E-state index in [1.807, 2.05) is 30.3 Å². The standard InChI is InChI=1S/C25H36N2O6/c1-3-33-24(31)20(11-10-19-8-5-4-6-9-19)26-18(2)22(28)27-15-7-12-25(21(27)23(29)30)13-16-32-17-14-25/h4-6,8-9,18,20-21,26H,3,7,10-17H2,1-2H3,(H,29,30)/t18-,20?,21?/m0/s1. The van der Waals surface area contributed by atoms with Crippen molar-refractivity contribution < 1.29 is 29.0 Å². The Morgan fingerprint density at radius 2 is 1.91 bits per heavy atom. The van der Waals surface area contributed by atoms with Crippen molar-refractivity contribution in [2.45, 2.75) is 70.5 Å². The van der Waals surface area contributed by atoms with Crippen molar-refractivity contribution in [2.24, 2.45) is 5.41 Å². The average Bonchev–Trinajstić information content (AvgIpc) is 2.82. The summed E-state index contributed by atoms with van der Waals surface area (Å²) >= 11 is 0. The fraction of sp³-hybridized carbons (Fsp3) is 0.640. The van der Waals surface area contributed by atoms with Gasteiger partial charge in [-0.15, -0.1) is 0 Å². The Morgan fingerprint density at radius 1 is 1.21 bits per heavy atom. The van der Waals surface area contributed by atoms with E-state index >= 15 is 0 Å². The number of hydrogen-bond acceptors (Lipinski definition) is 6. The van der Waals surface area contributed by atoms with Crippen LogP contribution in [0.25, 0.3) is 0 Å². The molecule has 0 aromatic heterocycles. The molecule has 3 atom stereocenters. The molecule has 33 heavy (non-hydrogen) atoms. The van der Waals surface area contributed by atoms with Gasteiger partial charge in [-0.3, -0.25) is 14.9 Å². The van der Waals surface area contributed by atoms with Crippen molar-refractivity contribution in [1.29, 1.82) is 0 Å². The summed E-state index contributed by atoms with van der Waals surface area (Å²) in [4.78, 5) is 39.9. The van der Waals surface area contributed by atoms with Crippen molar-refractivity contribution in [1.82, 2.24) is 10.2 Å². The number of benzene rings is 1. The smallest absolute Gasteiger partial charge is 0.327 e. The maximum Gasteiger partial charge on any atom is 0.327 e. The summed E-state index contributed by atoms with van der Waals surface area (Å²) in [5, 5.41) is 13.2. The lowest BCUT2D eigenvalue weighted by atomic mass is 9.67. The topological polar surface area (TPSA) is 105 Å².